The van der Waals surface area contributed by atoms with Crippen LogP contribution in [0, 0.1) is 0 Å². The molecule has 0 unspecified atom stereocenters. The molecule has 0 saturated heterocycles. The zero-order chi connectivity index (χ0) is 19.3. The third-order valence-electron chi connectivity index (χ3n) is 5.71. The average molecular weight is 395 g/mol. The van der Waals surface area contributed by atoms with E-state index in [1.807, 2.05) is 24.1 Å². The minimum atomic E-state index is 0.224. The van der Waals surface area contributed by atoms with Gasteiger partial charge in [0.1, 0.15) is 6.54 Å². The smallest absolute Gasteiger partial charge is 0.317 e. The Balaban J connectivity index is 1.51. The third-order valence-corrected chi connectivity index (χ3v) is 6.70. The van der Waals surface area contributed by atoms with Crippen molar-refractivity contribution < 1.29 is 9.36 Å². The lowest BCUT2D eigenvalue weighted by atomic mass is 9.94. The maximum absolute atomic E-state index is 12.8. The molecule has 0 radical (unpaired) electrons. The van der Waals surface area contributed by atoms with Crippen LogP contribution in [-0.4, -0.2) is 34.6 Å². The van der Waals surface area contributed by atoms with Gasteiger partial charge in [0.2, 0.25) is 5.91 Å². The molecule has 1 fully saturated rings. The molecular weight excluding hydrogens is 366 g/mol. The minimum Gasteiger partial charge on any atom is -0.342 e. The van der Waals surface area contributed by atoms with Crippen LogP contribution in [0.5, 0.6) is 0 Å². The number of fused-ring (bicyclic) bond motifs is 1. The quantitative estimate of drug-likeness (QED) is 0.498. The van der Waals surface area contributed by atoms with E-state index in [1.165, 1.54) is 30.3 Å². The lowest BCUT2D eigenvalue weighted by Crippen LogP contribution is -2.40. The molecule has 1 N–H and O–H groups in total. The second-order valence-electron chi connectivity index (χ2n) is 7.60. The van der Waals surface area contributed by atoms with Crippen molar-refractivity contribution in [2.24, 2.45) is 0 Å². The first-order valence-electron chi connectivity index (χ1n) is 10.2. The molecule has 0 aliphatic heterocycles. The number of thioether (sulfide) groups is 1. The second-order valence-corrected chi connectivity index (χ2v) is 8.57. The molecular formula is C23H28N3OS+. The molecule has 1 aliphatic carbocycles. The van der Waals surface area contributed by atoms with Crippen molar-refractivity contribution in [3.05, 3.63) is 60.2 Å². The van der Waals surface area contributed by atoms with Gasteiger partial charge in [-0.05, 0) is 42.3 Å². The summed E-state index contributed by atoms with van der Waals surface area (Å²) in [5, 5.41) is 1.04. The average Bonchev–Trinajstić information content (AvgIpc) is 3.10. The summed E-state index contributed by atoms with van der Waals surface area (Å²) in [7, 11) is 1.97. The Morgan fingerprint density at radius 3 is 2.57 bits per heavy atom. The summed E-state index contributed by atoms with van der Waals surface area (Å²) in [6, 6.07) is 19.2. The number of para-hydroxylation sites is 2. The Hall–Kier alpha value is -2.27. The topological polar surface area (TPSA) is 40.0 Å². The Labute approximate surface area is 170 Å². The molecule has 0 spiro atoms. The maximum Gasteiger partial charge on any atom is 0.317 e. The highest BCUT2D eigenvalue weighted by Gasteiger charge is 2.25. The molecule has 28 heavy (non-hydrogen) atoms. The zero-order valence-electron chi connectivity index (χ0n) is 16.4. The number of carbonyl (C=O) groups is 1. The summed E-state index contributed by atoms with van der Waals surface area (Å²) in [4.78, 5) is 18.3. The molecule has 1 aliphatic rings. The molecule has 1 heterocycles. The lowest BCUT2D eigenvalue weighted by Gasteiger charge is -2.31. The van der Waals surface area contributed by atoms with Gasteiger partial charge in [0.05, 0.1) is 5.75 Å². The molecule has 4 nitrogen and oxygen atoms in total. The van der Waals surface area contributed by atoms with Crippen LogP contribution < -0.4 is 4.57 Å². The highest BCUT2D eigenvalue weighted by Crippen LogP contribution is 2.24. The van der Waals surface area contributed by atoms with Gasteiger partial charge in [-0.2, -0.15) is 0 Å². The van der Waals surface area contributed by atoms with E-state index in [0.717, 1.165) is 30.1 Å². The Morgan fingerprint density at radius 1 is 1.07 bits per heavy atom. The van der Waals surface area contributed by atoms with Crippen molar-refractivity contribution in [3.63, 3.8) is 0 Å². The standard InChI is InChI=1S/C23H27N3OS/c1-25(19-12-6-3-7-13-19)22(27)17-28-23-24-20-14-8-9-15-21(20)26(23)16-18-10-4-2-5-11-18/h2,4-5,8-11,14-15,19H,3,6-7,12-13,16-17H2,1H3/p+1. The summed E-state index contributed by atoms with van der Waals surface area (Å²) in [5.74, 6) is 0.691. The van der Waals surface area contributed by atoms with Crippen LogP contribution in [0.2, 0.25) is 0 Å². The Morgan fingerprint density at radius 2 is 1.79 bits per heavy atom. The summed E-state index contributed by atoms with van der Waals surface area (Å²) in [6.07, 6.45) is 6.09. The predicted octanol–water partition coefficient (Wildman–Crippen LogP) is 4.39. The van der Waals surface area contributed by atoms with Crippen LogP contribution in [-0.2, 0) is 11.3 Å². The first-order chi connectivity index (χ1) is 13.7. The fraction of sp³-hybridized carbons (Fsp3) is 0.391. The number of nitrogens with zero attached hydrogens (tertiary/aromatic N) is 2. The summed E-state index contributed by atoms with van der Waals surface area (Å²) < 4.78 is 2.28. The van der Waals surface area contributed by atoms with Crippen LogP contribution in [0.1, 0.15) is 37.7 Å². The third kappa shape index (κ3) is 4.25. The molecule has 1 aromatic heterocycles. The highest BCUT2D eigenvalue weighted by atomic mass is 32.2. The first-order valence-corrected chi connectivity index (χ1v) is 11.1. The van der Waals surface area contributed by atoms with Gasteiger partial charge in [-0.1, -0.05) is 61.7 Å². The SMILES string of the molecule is CN(C(=O)CSc1[nH]c2ccccc2[n+]1Cc1ccccc1)C1CCCCC1. The van der Waals surface area contributed by atoms with Gasteiger partial charge in [0.25, 0.3) is 0 Å². The van der Waals surface area contributed by atoms with Crippen molar-refractivity contribution in [1.82, 2.24) is 9.88 Å². The number of amides is 1. The highest BCUT2D eigenvalue weighted by molar-refractivity contribution is 7.99. The zero-order valence-corrected chi connectivity index (χ0v) is 17.3. The lowest BCUT2D eigenvalue weighted by molar-refractivity contribution is -0.700. The van der Waals surface area contributed by atoms with E-state index >= 15 is 0 Å². The van der Waals surface area contributed by atoms with E-state index in [0.29, 0.717) is 11.8 Å². The van der Waals surface area contributed by atoms with Gasteiger partial charge in [-0.25, -0.2) is 9.55 Å². The van der Waals surface area contributed by atoms with Crippen molar-refractivity contribution in [1.29, 1.82) is 0 Å². The number of nitrogens with one attached hydrogen (secondary N) is 1. The molecule has 3 aromatic rings. The fourth-order valence-corrected chi connectivity index (χ4v) is 5.01. The van der Waals surface area contributed by atoms with Crippen LogP contribution in [0.4, 0.5) is 0 Å². The summed E-state index contributed by atoms with van der Waals surface area (Å²) >= 11 is 1.61. The van der Waals surface area contributed by atoms with Gasteiger partial charge < -0.3 is 4.90 Å². The van der Waals surface area contributed by atoms with Crippen molar-refractivity contribution in [2.75, 3.05) is 12.8 Å². The molecule has 5 heteroatoms. The molecule has 2 aromatic carbocycles. The predicted molar refractivity (Wildman–Crippen MR) is 114 cm³/mol. The van der Waals surface area contributed by atoms with Crippen LogP contribution in [0.15, 0.2) is 59.8 Å². The number of hydrogen-bond acceptors (Lipinski definition) is 2. The maximum atomic E-state index is 12.8. The van der Waals surface area contributed by atoms with Crippen molar-refractivity contribution >= 4 is 28.7 Å². The second kappa shape index (κ2) is 8.82. The monoisotopic (exact) mass is 394 g/mol. The van der Waals surface area contributed by atoms with E-state index in [2.05, 4.69) is 52.0 Å². The molecule has 1 amide bonds. The number of carbonyl (C=O) groups excluding carboxylic acids is 1. The number of hydrogen-bond donors (Lipinski definition) is 1. The Kier molecular flexibility index (Phi) is 6.01. The molecule has 0 atom stereocenters. The minimum absolute atomic E-state index is 0.224. The fourth-order valence-electron chi connectivity index (χ4n) is 4.05. The molecule has 146 valence electrons. The van der Waals surface area contributed by atoms with E-state index in [1.54, 1.807) is 11.8 Å². The van der Waals surface area contributed by atoms with Crippen molar-refractivity contribution in [2.45, 2.75) is 49.8 Å². The van der Waals surface area contributed by atoms with Gasteiger partial charge in [0, 0.05) is 13.1 Å². The van der Waals surface area contributed by atoms with Crippen LogP contribution in [0.3, 0.4) is 0 Å². The van der Waals surface area contributed by atoms with Crippen LogP contribution in [0.25, 0.3) is 11.0 Å². The first kappa shape index (κ1) is 19.1. The Bertz CT molecular complexity index is 931. The number of H-pyrrole nitrogens is 1. The van der Waals surface area contributed by atoms with E-state index < -0.39 is 0 Å². The number of aromatic nitrogens is 2. The van der Waals surface area contributed by atoms with Crippen molar-refractivity contribution in [3.8, 4) is 0 Å². The summed E-state index contributed by atoms with van der Waals surface area (Å²) in [6.45, 7) is 0.792. The number of benzene rings is 2. The summed E-state index contributed by atoms with van der Waals surface area (Å²) in [5.41, 5.74) is 3.53. The van der Waals surface area contributed by atoms with Gasteiger partial charge >= 0.3 is 5.16 Å². The van der Waals surface area contributed by atoms with E-state index in [-0.39, 0.29) is 5.91 Å². The number of imidazole rings is 1. The van der Waals surface area contributed by atoms with Gasteiger partial charge in [-0.15, -0.1) is 0 Å². The normalized spacial score (nSPS) is 15.0. The van der Waals surface area contributed by atoms with Gasteiger partial charge in [0.15, 0.2) is 11.0 Å². The molecule has 1 saturated carbocycles. The number of aromatic amines is 1. The number of rotatable bonds is 6. The van der Waals surface area contributed by atoms with Gasteiger partial charge in [-0.3, -0.25) is 4.79 Å². The van der Waals surface area contributed by atoms with E-state index in [4.69, 9.17) is 0 Å². The molecule has 0 bridgehead atoms. The molecule has 4 rings (SSSR count). The van der Waals surface area contributed by atoms with Crippen LogP contribution >= 0.6 is 11.8 Å². The van der Waals surface area contributed by atoms with E-state index in [9.17, 15) is 4.79 Å². The largest absolute Gasteiger partial charge is 0.342 e.